The molecule has 0 saturated heterocycles. The fourth-order valence-corrected chi connectivity index (χ4v) is 1.61. The predicted molar refractivity (Wildman–Crippen MR) is 45.3 cm³/mol. The summed E-state index contributed by atoms with van der Waals surface area (Å²) in [4.78, 5) is 7.24. The van der Waals surface area contributed by atoms with Crippen LogP contribution in [-0.4, -0.2) is 16.6 Å². The van der Waals surface area contributed by atoms with Crippen molar-refractivity contribution in [2.24, 2.45) is 0 Å². The lowest BCUT2D eigenvalue weighted by molar-refractivity contribution is 0.357. The second-order valence-electron chi connectivity index (χ2n) is 2.98. The van der Waals surface area contributed by atoms with E-state index in [0.717, 1.165) is 29.8 Å². The Balaban J connectivity index is 2.38. The van der Waals surface area contributed by atoms with Crippen LogP contribution in [0.15, 0.2) is 18.5 Å². The van der Waals surface area contributed by atoms with Crippen LogP contribution >= 0.6 is 0 Å². The van der Waals surface area contributed by atoms with E-state index in [9.17, 15) is 0 Å². The van der Waals surface area contributed by atoms with Crippen molar-refractivity contribution in [3.63, 3.8) is 0 Å². The van der Waals surface area contributed by atoms with Gasteiger partial charge in [-0.1, -0.05) is 0 Å². The third kappa shape index (κ3) is 0.679. The average molecular weight is 160 g/mol. The molecule has 2 heterocycles. The Bertz CT molecular complexity index is 395. The van der Waals surface area contributed by atoms with Gasteiger partial charge in [0.25, 0.3) is 0 Å². The number of hydrogen-bond donors (Lipinski definition) is 1. The molecule has 1 aliphatic heterocycles. The largest absolute Gasteiger partial charge is 0.493 e. The second kappa shape index (κ2) is 2.00. The maximum Gasteiger partial charge on any atom is 0.124 e. The fourth-order valence-electron chi connectivity index (χ4n) is 1.61. The number of nitrogens with one attached hydrogen (secondary N) is 1. The van der Waals surface area contributed by atoms with Gasteiger partial charge < -0.3 is 9.72 Å². The maximum atomic E-state index is 5.42. The van der Waals surface area contributed by atoms with Gasteiger partial charge in [0.2, 0.25) is 0 Å². The Kier molecular flexibility index (Phi) is 1.01. The van der Waals surface area contributed by atoms with Gasteiger partial charge >= 0.3 is 0 Å². The molecule has 0 bridgehead atoms. The molecule has 1 aromatic heterocycles. The van der Waals surface area contributed by atoms with Gasteiger partial charge in [0.15, 0.2) is 0 Å². The minimum Gasteiger partial charge on any atom is -0.493 e. The van der Waals surface area contributed by atoms with Crippen LogP contribution in [-0.2, 0) is 6.42 Å². The van der Waals surface area contributed by atoms with E-state index in [1.165, 1.54) is 5.56 Å². The molecular weight excluding hydrogens is 152 g/mol. The maximum absolute atomic E-state index is 5.42. The number of imidazole rings is 1. The van der Waals surface area contributed by atoms with Crippen molar-refractivity contribution in [2.45, 2.75) is 6.42 Å². The Hall–Kier alpha value is -1.51. The van der Waals surface area contributed by atoms with Gasteiger partial charge in [0.1, 0.15) is 5.75 Å². The van der Waals surface area contributed by atoms with Crippen LogP contribution in [0.2, 0.25) is 0 Å². The summed E-state index contributed by atoms with van der Waals surface area (Å²) in [6.45, 7) is 0.807. The van der Waals surface area contributed by atoms with Crippen molar-refractivity contribution >= 4 is 11.0 Å². The monoisotopic (exact) mass is 160 g/mol. The number of nitrogens with zero attached hydrogens (tertiary/aromatic N) is 1. The summed E-state index contributed by atoms with van der Waals surface area (Å²) in [7, 11) is 0. The summed E-state index contributed by atoms with van der Waals surface area (Å²) >= 11 is 0. The first-order valence-corrected chi connectivity index (χ1v) is 4.02. The van der Waals surface area contributed by atoms with Crippen LogP contribution in [0.25, 0.3) is 11.0 Å². The fraction of sp³-hybridized carbons (Fsp3) is 0.222. The van der Waals surface area contributed by atoms with E-state index in [-0.39, 0.29) is 0 Å². The zero-order valence-electron chi connectivity index (χ0n) is 6.50. The quantitative estimate of drug-likeness (QED) is 0.634. The van der Waals surface area contributed by atoms with Gasteiger partial charge in [0.05, 0.1) is 24.0 Å². The lowest BCUT2D eigenvalue weighted by atomic mass is 10.1. The molecule has 0 aliphatic carbocycles. The minimum absolute atomic E-state index is 0.807. The Labute approximate surface area is 69.4 Å². The standard InChI is InChI=1S/C9H8N2O/c1-2-12-9-4-8-7(3-6(1)9)10-5-11-8/h3-5H,1-2H2,(H,10,11). The van der Waals surface area contributed by atoms with Crippen molar-refractivity contribution in [3.05, 3.63) is 24.0 Å². The number of aromatic nitrogens is 2. The van der Waals surface area contributed by atoms with Crippen LogP contribution < -0.4 is 4.74 Å². The molecule has 0 amide bonds. The molecule has 12 heavy (non-hydrogen) atoms. The van der Waals surface area contributed by atoms with E-state index in [4.69, 9.17) is 4.74 Å². The highest BCUT2D eigenvalue weighted by Gasteiger charge is 2.13. The first-order valence-electron chi connectivity index (χ1n) is 4.02. The van der Waals surface area contributed by atoms with Crippen molar-refractivity contribution in [1.82, 2.24) is 9.97 Å². The van der Waals surface area contributed by atoms with Crippen LogP contribution in [0, 0.1) is 0 Å². The number of rotatable bonds is 0. The number of ether oxygens (including phenoxy) is 1. The summed E-state index contributed by atoms with van der Waals surface area (Å²) in [5.74, 6) is 0.995. The molecule has 3 rings (SSSR count). The molecule has 0 atom stereocenters. The lowest BCUT2D eigenvalue weighted by Gasteiger charge is -1.96. The summed E-state index contributed by atoms with van der Waals surface area (Å²) in [6.07, 6.45) is 2.73. The van der Waals surface area contributed by atoms with Gasteiger partial charge in [0, 0.05) is 12.5 Å². The first-order chi connectivity index (χ1) is 5.93. The van der Waals surface area contributed by atoms with E-state index < -0.39 is 0 Å². The molecule has 0 unspecified atom stereocenters. The number of benzene rings is 1. The first kappa shape index (κ1) is 6.06. The van der Waals surface area contributed by atoms with E-state index >= 15 is 0 Å². The van der Waals surface area contributed by atoms with Crippen LogP contribution in [0.5, 0.6) is 5.75 Å². The molecular formula is C9H8N2O. The smallest absolute Gasteiger partial charge is 0.124 e. The third-order valence-electron chi connectivity index (χ3n) is 2.23. The second-order valence-corrected chi connectivity index (χ2v) is 2.98. The Morgan fingerprint density at radius 2 is 2.42 bits per heavy atom. The number of fused-ring (bicyclic) bond motifs is 2. The van der Waals surface area contributed by atoms with E-state index in [0.29, 0.717) is 0 Å². The van der Waals surface area contributed by atoms with Crippen molar-refractivity contribution < 1.29 is 4.74 Å². The molecule has 3 nitrogen and oxygen atoms in total. The molecule has 1 N–H and O–H groups in total. The zero-order valence-corrected chi connectivity index (χ0v) is 6.50. The number of hydrogen-bond acceptors (Lipinski definition) is 2. The number of H-pyrrole nitrogens is 1. The molecule has 0 saturated carbocycles. The van der Waals surface area contributed by atoms with Crippen LogP contribution in [0.1, 0.15) is 5.56 Å². The summed E-state index contributed by atoms with van der Waals surface area (Å²) in [6, 6.07) is 4.11. The lowest BCUT2D eigenvalue weighted by Crippen LogP contribution is -1.85. The summed E-state index contributed by atoms with van der Waals surface area (Å²) < 4.78 is 5.42. The molecule has 1 aliphatic rings. The SMILES string of the molecule is c1nc2cc3c(cc2[nH]1)CCO3. The highest BCUT2D eigenvalue weighted by Crippen LogP contribution is 2.28. The van der Waals surface area contributed by atoms with E-state index in [1.54, 1.807) is 6.33 Å². The van der Waals surface area contributed by atoms with Crippen LogP contribution in [0.4, 0.5) is 0 Å². The van der Waals surface area contributed by atoms with Gasteiger partial charge in [-0.2, -0.15) is 0 Å². The predicted octanol–water partition coefficient (Wildman–Crippen LogP) is 1.50. The van der Waals surface area contributed by atoms with E-state index in [2.05, 4.69) is 16.0 Å². The molecule has 3 heteroatoms. The average Bonchev–Trinajstić information content (AvgIpc) is 2.64. The van der Waals surface area contributed by atoms with Crippen molar-refractivity contribution in [2.75, 3.05) is 6.61 Å². The summed E-state index contributed by atoms with van der Waals surface area (Å²) in [5, 5.41) is 0. The van der Waals surface area contributed by atoms with Gasteiger partial charge in [-0.15, -0.1) is 0 Å². The van der Waals surface area contributed by atoms with Gasteiger partial charge in [-0.3, -0.25) is 0 Å². The summed E-state index contributed by atoms with van der Waals surface area (Å²) in [5.41, 5.74) is 3.36. The topological polar surface area (TPSA) is 37.9 Å². The highest BCUT2D eigenvalue weighted by atomic mass is 16.5. The molecule has 0 radical (unpaired) electrons. The normalized spacial score (nSPS) is 14.7. The minimum atomic E-state index is 0.807. The van der Waals surface area contributed by atoms with Gasteiger partial charge in [-0.05, 0) is 11.6 Å². The third-order valence-corrected chi connectivity index (χ3v) is 2.23. The Morgan fingerprint density at radius 1 is 1.42 bits per heavy atom. The van der Waals surface area contributed by atoms with Crippen molar-refractivity contribution in [1.29, 1.82) is 0 Å². The molecule has 60 valence electrons. The molecule has 0 spiro atoms. The number of aromatic amines is 1. The Morgan fingerprint density at radius 3 is 3.42 bits per heavy atom. The van der Waals surface area contributed by atoms with Crippen molar-refractivity contribution in [3.8, 4) is 5.75 Å². The molecule has 2 aromatic rings. The van der Waals surface area contributed by atoms with Crippen LogP contribution in [0.3, 0.4) is 0 Å². The van der Waals surface area contributed by atoms with E-state index in [1.807, 2.05) is 6.07 Å². The zero-order chi connectivity index (χ0) is 7.97. The highest BCUT2D eigenvalue weighted by molar-refractivity contribution is 5.78. The molecule has 1 aromatic carbocycles. The van der Waals surface area contributed by atoms with Gasteiger partial charge in [-0.25, -0.2) is 4.98 Å². The molecule has 0 fully saturated rings.